The van der Waals surface area contributed by atoms with Crippen molar-refractivity contribution in [2.24, 2.45) is 5.92 Å². The second-order valence-corrected chi connectivity index (χ2v) is 8.79. The Morgan fingerprint density at radius 1 is 1.03 bits per heavy atom. The maximum atomic E-state index is 12.1. The fraction of sp³-hybridized carbons (Fsp3) is 0.333. The number of nitrogens with one attached hydrogen (secondary N) is 2. The second kappa shape index (κ2) is 10.3. The number of aromatic nitrogens is 1. The summed E-state index contributed by atoms with van der Waals surface area (Å²) in [6.07, 6.45) is 7.87. The molecule has 0 aliphatic heterocycles. The minimum atomic E-state index is -0.0225. The molecule has 0 bridgehead atoms. The first kappa shape index (κ1) is 21.9. The van der Waals surface area contributed by atoms with E-state index >= 15 is 0 Å². The van der Waals surface area contributed by atoms with E-state index in [0.29, 0.717) is 12.0 Å². The van der Waals surface area contributed by atoms with Crippen LogP contribution in [0, 0.1) is 5.92 Å². The van der Waals surface area contributed by atoms with E-state index in [-0.39, 0.29) is 5.91 Å². The number of benzene rings is 2. The fourth-order valence-corrected chi connectivity index (χ4v) is 4.36. The molecule has 5 nitrogen and oxygen atoms in total. The summed E-state index contributed by atoms with van der Waals surface area (Å²) >= 11 is 0. The molecule has 1 fully saturated rings. The van der Waals surface area contributed by atoms with Crippen molar-refractivity contribution in [3.05, 3.63) is 72.3 Å². The molecule has 32 heavy (non-hydrogen) atoms. The molecular weight excluding hydrogens is 396 g/mol. The first-order valence-electron chi connectivity index (χ1n) is 11.4. The van der Waals surface area contributed by atoms with Crippen LogP contribution >= 0.6 is 0 Å². The standard InChI is InChI=1S/C27H32N4O/c1-31(2)25-18-26(30-24-11-7-6-10-23(24)25)29-22-15-12-21(13-16-22)19-28-27(32)17-14-20-8-4-3-5-9-20/h3-11,14,17-18,21-22H,12-13,15-16,19H2,1-2H3,(H,28,32)(H,29,30)/b17-14+/t21-,22+. The van der Waals surface area contributed by atoms with Gasteiger partial charge in [-0.1, -0.05) is 48.5 Å². The Hall–Kier alpha value is -3.34. The lowest BCUT2D eigenvalue weighted by atomic mass is 9.86. The molecule has 1 aliphatic rings. The summed E-state index contributed by atoms with van der Waals surface area (Å²) < 4.78 is 0. The van der Waals surface area contributed by atoms with E-state index < -0.39 is 0 Å². The van der Waals surface area contributed by atoms with Gasteiger partial charge in [-0.3, -0.25) is 4.79 Å². The van der Waals surface area contributed by atoms with E-state index in [4.69, 9.17) is 4.98 Å². The highest BCUT2D eigenvalue weighted by atomic mass is 16.1. The molecule has 0 spiro atoms. The van der Waals surface area contributed by atoms with Gasteiger partial charge in [0.15, 0.2) is 0 Å². The number of rotatable bonds is 7. The first-order valence-corrected chi connectivity index (χ1v) is 11.4. The van der Waals surface area contributed by atoms with Crippen LogP contribution in [-0.2, 0) is 4.79 Å². The summed E-state index contributed by atoms with van der Waals surface area (Å²) in [4.78, 5) is 19.1. The maximum Gasteiger partial charge on any atom is 0.244 e. The van der Waals surface area contributed by atoms with Gasteiger partial charge in [-0.2, -0.15) is 0 Å². The molecule has 1 aromatic heterocycles. The Morgan fingerprint density at radius 2 is 1.75 bits per heavy atom. The molecule has 2 N–H and O–H groups in total. The lowest BCUT2D eigenvalue weighted by Crippen LogP contribution is -2.33. The van der Waals surface area contributed by atoms with E-state index in [9.17, 15) is 4.79 Å². The molecule has 3 aromatic rings. The monoisotopic (exact) mass is 428 g/mol. The smallest absolute Gasteiger partial charge is 0.244 e. The summed E-state index contributed by atoms with van der Waals surface area (Å²) in [6.45, 7) is 0.740. The molecule has 4 rings (SSSR count). The molecule has 1 aliphatic carbocycles. The predicted octanol–water partition coefficient (Wildman–Crippen LogP) is 5.10. The first-order chi connectivity index (χ1) is 15.6. The van der Waals surface area contributed by atoms with Crippen molar-refractivity contribution in [3.63, 3.8) is 0 Å². The van der Waals surface area contributed by atoms with Gasteiger partial charge in [0.1, 0.15) is 5.82 Å². The molecule has 1 heterocycles. The Bertz CT molecular complexity index is 1070. The Balaban J connectivity index is 1.27. The van der Waals surface area contributed by atoms with Crippen molar-refractivity contribution in [2.45, 2.75) is 31.7 Å². The molecule has 0 saturated heterocycles. The average molecular weight is 429 g/mol. The third kappa shape index (κ3) is 5.67. The van der Waals surface area contributed by atoms with Crippen LogP contribution in [0.5, 0.6) is 0 Å². The van der Waals surface area contributed by atoms with Gasteiger partial charge < -0.3 is 15.5 Å². The minimum absolute atomic E-state index is 0.0225. The van der Waals surface area contributed by atoms with E-state index in [1.807, 2.05) is 42.5 Å². The molecular formula is C27H32N4O. The van der Waals surface area contributed by atoms with Gasteiger partial charge in [0.05, 0.1) is 5.52 Å². The summed E-state index contributed by atoms with van der Waals surface area (Å²) in [7, 11) is 4.14. The molecule has 1 amide bonds. The molecule has 1 saturated carbocycles. The van der Waals surface area contributed by atoms with Crippen molar-refractivity contribution >= 4 is 34.4 Å². The van der Waals surface area contributed by atoms with Gasteiger partial charge in [0, 0.05) is 49.9 Å². The summed E-state index contributed by atoms with van der Waals surface area (Å²) in [5.74, 6) is 1.45. The van der Waals surface area contributed by atoms with Crippen LogP contribution in [0.3, 0.4) is 0 Å². The van der Waals surface area contributed by atoms with Gasteiger partial charge in [-0.15, -0.1) is 0 Å². The number of hydrogen-bond donors (Lipinski definition) is 2. The highest BCUT2D eigenvalue weighted by Crippen LogP contribution is 2.30. The lowest BCUT2D eigenvalue weighted by molar-refractivity contribution is -0.116. The van der Waals surface area contributed by atoms with Crippen LogP contribution in [0.4, 0.5) is 11.5 Å². The van der Waals surface area contributed by atoms with Crippen LogP contribution in [0.25, 0.3) is 17.0 Å². The van der Waals surface area contributed by atoms with Crippen molar-refractivity contribution in [1.82, 2.24) is 10.3 Å². The molecule has 0 unspecified atom stereocenters. The van der Waals surface area contributed by atoms with Gasteiger partial charge in [-0.25, -0.2) is 4.98 Å². The number of anilines is 2. The third-order valence-electron chi connectivity index (χ3n) is 6.17. The Kier molecular flexibility index (Phi) is 7.05. The van der Waals surface area contributed by atoms with Crippen LogP contribution in [0.15, 0.2) is 66.7 Å². The lowest BCUT2D eigenvalue weighted by Gasteiger charge is -2.30. The summed E-state index contributed by atoms with van der Waals surface area (Å²) in [5, 5.41) is 7.89. The minimum Gasteiger partial charge on any atom is -0.377 e. The predicted molar refractivity (Wildman–Crippen MR) is 134 cm³/mol. The number of para-hydroxylation sites is 1. The third-order valence-corrected chi connectivity index (χ3v) is 6.17. The largest absolute Gasteiger partial charge is 0.377 e. The number of hydrogen-bond acceptors (Lipinski definition) is 4. The van der Waals surface area contributed by atoms with Gasteiger partial charge in [0.25, 0.3) is 0 Å². The Labute approximate surface area is 190 Å². The molecule has 2 aromatic carbocycles. The second-order valence-electron chi connectivity index (χ2n) is 8.79. The maximum absolute atomic E-state index is 12.1. The number of nitrogens with zero attached hydrogens (tertiary/aromatic N) is 2. The molecule has 5 heteroatoms. The number of carbonyl (C=O) groups is 1. The van der Waals surface area contributed by atoms with Gasteiger partial charge in [-0.05, 0) is 49.3 Å². The quantitative estimate of drug-likeness (QED) is 0.514. The number of pyridine rings is 1. The van der Waals surface area contributed by atoms with E-state index in [1.54, 1.807) is 6.08 Å². The highest BCUT2D eigenvalue weighted by Gasteiger charge is 2.22. The van der Waals surface area contributed by atoms with Crippen LogP contribution in [-0.4, -0.2) is 37.6 Å². The summed E-state index contributed by atoms with van der Waals surface area (Å²) in [6, 6.07) is 20.7. The van der Waals surface area contributed by atoms with E-state index in [0.717, 1.165) is 49.1 Å². The fourth-order valence-electron chi connectivity index (χ4n) is 4.36. The summed E-state index contributed by atoms with van der Waals surface area (Å²) in [5.41, 5.74) is 3.23. The molecule has 0 atom stereocenters. The van der Waals surface area contributed by atoms with Crippen molar-refractivity contribution < 1.29 is 4.79 Å². The zero-order valence-electron chi connectivity index (χ0n) is 18.9. The average Bonchev–Trinajstić information content (AvgIpc) is 2.82. The van der Waals surface area contributed by atoms with Gasteiger partial charge >= 0.3 is 0 Å². The zero-order chi connectivity index (χ0) is 22.3. The van der Waals surface area contributed by atoms with Crippen LogP contribution < -0.4 is 15.5 Å². The van der Waals surface area contributed by atoms with Crippen LogP contribution in [0.2, 0.25) is 0 Å². The van der Waals surface area contributed by atoms with Gasteiger partial charge in [0.2, 0.25) is 5.91 Å². The molecule has 166 valence electrons. The number of carbonyl (C=O) groups excluding carboxylic acids is 1. The van der Waals surface area contributed by atoms with Crippen molar-refractivity contribution in [3.8, 4) is 0 Å². The van der Waals surface area contributed by atoms with Crippen molar-refractivity contribution in [2.75, 3.05) is 30.9 Å². The van der Waals surface area contributed by atoms with E-state index in [1.165, 1.54) is 11.1 Å². The van der Waals surface area contributed by atoms with E-state index in [2.05, 4.69) is 53.9 Å². The molecule has 0 radical (unpaired) electrons. The zero-order valence-corrected chi connectivity index (χ0v) is 18.9. The number of fused-ring (bicyclic) bond motifs is 1. The van der Waals surface area contributed by atoms with Crippen LogP contribution in [0.1, 0.15) is 31.2 Å². The SMILES string of the molecule is CN(C)c1cc(N[C@H]2CC[C@@H](CNC(=O)/C=C/c3ccccc3)CC2)nc2ccccc12. The Morgan fingerprint density at radius 3 is 2.50 bits per heavy atom. The number of amides is 1. The topological polar surface area (TPSA) is 57.3 Å². The normalized spacial score (nSPS) is 18.6. The highest BCUT2D eigenvalue weighted by molar-refractivity contribution is 5.93. The van der Waals surface area contributed by atoms with Crippen molar-refractivity contribution in [1.29, 1.82) is 0 Å².